The van der Waals surface area contributed by atoms with Crippen molar-refractivity contribution >= 4 is 17.4 Å². The summed E-state index contributed by atoms with van der Waals surface area (Å²) in [6, 6.07) is 0. The Labute approximate surface area is 74.9 Å². The number of hydrogen-bond donors (Lipinski definition) is 1. The van der Waals surface area contributed by atoms with Crippen LogP contribution < -0.4 is 0 Å². The smallest absolute Gasteiger partial charge is 0.226 e. The Morgan fingerprint density at radius 1 is 1.83 bits per heavy atom. The standard InChI is InChI=1S/C7H9ClN2O2/c1-4(12-2)6(11)7-9-3-5(8)10-7/h3-4H,1-2H3,(H,9,10). The number of H-pyrrole nitrogens is 1. The maximum Gasteiger partial charge on any atom is 0.226 e. The Kier molecular flexibility index (Phi) is 2.83. The van der Waals surface area contributed by atoms with E-state index in [0.717, 1.165) is 0 Å². The Hall–Kier alpha value is -0.870. The summed E-state index contributed by atoms with van der Waals surface area (Å²) in [5.41, 5.74) is 0. The highest BCUT2D eigenvalue weighted by atomic mass is 35.5. The predicted molar refractivity (Wildman–Crippen MR) is 44.4 cm³/mol. The fourth-order valence-corrected chi connectivity index (χ4v) is 0.862. The van der Waals surface area contributed by atoms with Crippen LogP contribution in [0.4, 0.5) is 0 Å². The van der Waals surface area contributed by atoms with Crippen molar-refractivity contribution in [2.45, 2.75) is 13.0 Å². The lowest BCUT2D eigenvalue weighted by atomic mass is 10.2. The zero-order valence-electron chi connectivity index (χ0n) is 6.80. The third-order valence-electron chi connectivity index (χ3n) is 1.50. The summed E-state index contributed by atoms with van der Waals surface area (Å²) in [6.45, 7) is 1.65. The highest BCUT2D eigenvalue weighted by Gasteiger charge is 2.16. The summed E-state index contributed by atoms with van der Waals surface area (Å²) in [7, 11) is 1.47. The first-order valence-electron chi connectivity index (χ1n) is 3.42. The molecule has 1 unspecified atom stereocenters. The summed E-state index contributed by atoms with van der Waals surface area (Å²) in [5, 5.41) is 0.349. The number of aromatic nitrogens is 2. The van der Waals surface area contributed by atoms with Gasteiger partial charge in [0.1, 0.15) is 11.3 Å². The topological polar surface area (TPSA) is 55.0 Å². The highest BCUT2D eigenvalue weighted by Crippen LogP contribution is 2.06. The number of rotatable bonds is 3. The highest BCUT2D eigenvalue weighted by molar-refractivity contribution is 6.29. The van der Waals surface area contributed by atoms with E-state index in [1.807, 2.05) is 0 Å². The molecule has 1 heterocycles. The summed E-state index contributed by atoms with van der Waals surface area (Å²) in [5.74, 6) is 0.0266. The molecular weight excluding hydrogens is 180 g/mol. The van der Waals surface area contributed by atoms with E-state index in [4.69, 9.17) is 16.3 Å². The third kappa shape index (κ3) is 1.84. The van der Waals surface area contributed by atoms with E-state index in [9.17, 15) is 4.79 Å². The molecule has 1 rings (SSSR count). The van der Waals surface area contributed by atoms with Crippen molar-refractivity contribution in [2.24, 2.45) is 0 Å². The number of halogens is 1. The molecule has 0 radical (unpaired) electrons. The van der Waals surface area contributed by atoms with Crippen LogP contribution in [0.1, 0.15) is 17.5 Å². The molecule has 0 saturated carbocycles. The molecule has 0 bridgehead atoms. The second-order valence-electron chi connectivity index (χ2n) is 2.32. The number of nitrogens with zero attached hydrogens (tertiary/aromatic N) is 1. The molecule has 0 aliphatic rings. The molecule has 0 spiro atoms. The van der Waals surface area contributed by atoms with Gasteiger partial charge in [0.05, 0.1) is 6.20 Å². The zero-order valence-corrected chi connectivity index (χ0v) is 7.55. The lowest BCUT2D eigenvalue weighted by Crippen LogP contribution is -2.20. The van der Waals surface area contributed by atoms with E-state index in [2.05, 4.69) is 9.97 Å². The van der Waals surface area contributed by atoms with Gasteiger partial charge in [0.2, 0.25) is 5.78 Å². The number of ether oxygens (including phenoxy) is 1. The van der Waals surface area contributed by atoms with E-state index < -0.39 is 6.10 Å². The van der Waals surface area contributed by atoms with Gasteiger partial charge >= 0.3 is 0 Å². The van der Waals surface area contributed by atoms with Crippen molar-refractivity contribution in [3.05, 3.63) is 17.2 Å². The molecule has 1 N–H and O–H groups in total. The van der Waals surface area contributed by atoms with Crippen LogP contribution in [0.2, 0.25) is 5.15 Å². The molecule has 66 valence electrons. The monoisotopic (exact) mass is 188 g/mol. The first-order chi connectivity index (χ1) is 5.65. The van der Waals surface area contributed by atoms with Gasteiger partial charge in [-0.2, -0.15) is 0 Å². The Balaban J connectivity index is 2.78. The molecule has 1 aromatic rings. The number of nitrogens with one attached hydrogen (secondary N) is 1. The van der Waals surface area contributed by atoms with E-state index in [-0.39, 0.29) is 11.6 Å². The van der Waals surface area contributed by atoms with Crippen LogP contribution in [-0.2, 0) is 4.74 Å². The van der Waals surface area contributed by atoms with Gasteiger partial charge in [0.15, 0.2) is 5.82 Å². The van der Waals surface area contributed by atoms with Crippen molar-refractivity contribution in [3.63, 3.8) is 0 Å². The Morgan fingerprint density at radius 2 is 2.50 bits per heavy atom. The molecule has 12 heavy (non-hydrogen) atoms. The molecule has 0 aliphatic carbocycles. The van der Waals surface area contributed by atoms with Gasteiger partial charge in [-0.1, -0.05) is 11.6 Å². The molecule has 1 aromatic heterocycles. The average molecular weight is 189 g/mol. The maximum atomic E-state index is 11.3. The molecule has 4 nitrogen and oxygen atoms in total. The lowest BCUT2D eigenvalue weighted by molar-refractivity contribution is 0.0646. The van der Waals surface area contributed by atoms with Crippen LogP contribution in [0.25, 0.3) is 0 Å². The molecule has 5 heteroatoms. The first kappa shape index (κ1) is 9.22. The van der Waals surface area contributed by atoms with Gasteiger partial charge in [-0.05, 0) is 6.92 Å². The normalized spacial score (nSPS) is 12.9. The number of imidazole rings is 1. The number of aromatic amines is 1. The van der Waals surface area contributed by atoms with Crippen molar-refractivity contribution < 1.29 is 9.53 Å². The Bertz CT molecular complexity index is 285. The molecule has 0 amide bonds. The number of carbonyl (C=O) groups is 1. The van der Waals surface area contributed by atoms with E-state index in [1.165, 1.54) is 13.3 Å². The number of carbonyl (C=O) groups excluding carboxylic acids is 1. The van der Waals surface area contributed by atoms with Gasteiger partial charge < -0.3 is 9.72 Å². The molecule has 0 saturated heterocycles. The summed E-state index contributed by atoms with van der Waals surface area (Å²) >= 11 is 5.54. The second kappa shape index (κ2) is 3.69. The number of ketones is 1. The maximum absolute atomic E-state index is 11.3. The van der Waals surface area contributed by atoms with E-state index >= 15 is 0 Å². The van der Waals surface area contributed by atoms with Gasteiger partial charge in [0.25, 0.3) is 0 Å². The minimum absolute atomic E-state index is 0.204. The number of methoxy groups -OCH3 is 1. The summed E-state index contributed by atoms with van der Waals surface area (Å²) in [4.78, 5) is 17.7. The minimum atomic E-state index is -0.493. The largest absolute Gasteiger partial charge is 0.373 e. The van der Waals surface area contributed by atoms with Crippen molar-refractivity contribution in [2.75, 3.05) is 7.11 Å². The fraction of sp³-hybridized carbons (Fsp3) is 0.429. The van der Waals surface area contributed by atoms with Gasteiger partial charge in [-0.25, -0.2) is 4.98 Å². The Morgan fingerprint density at radius 3 is 2.92 bits per heavy atom. The molecule has 0 fully saturated rings. The fourth-order valence-electron chi connectivity index (χ4n) is 0.724. The molecular formula is C7H9ClN2O2. The van der Waals surface area contributed by atoms with Gasteiger partial charge in [-0.3, -0.25) is 4.79 Å². The lowest BCUT2D eigenvalue weighted by Gasteiger charge is -2.04. The SMILES string of the molecule is COC(C)C(=O)c1ncc(Cl)[nH]1. The molecule has 1 atom stereocenters. The van der Waals surface area contributed by atoms with Crippen LogP contribution in [-0.4, -0.2) is 29.0 Å². The van der Waals surface area contributed by atoms with E-state index in [0.29, 0.717) is 5.15 Å². The summed E-state index contributed by atoms with van der Waals surface area (Å²) in [6.07, 6.45) is 0.893. The minimum Gasteiger partial charge on any atom is -0.373 e. The van der Waals surface area contributed by atoms with Crippen LogP contribution in [0.3, 0.4) is 0 Å². The van der Waals surface area contributed by atoms with Crippen molar-refractivity contribution in [3.8, 4) is 0 Å². The first-order valence-corrected chi connectivity index (χ1v) is 3.80. The van der Waals surface area contributed by atoms with Crippen LogP contribution in [0.15, 0.2) is 6.20 Å². The van der Waals surface area contributed by atoms with Crippen LogP contribution >= 0.6 is 11.6 Å². The van der Waals surface area contributed by atoms with Crippen LogP contribution in [0.5, 0.6) is 0 Å². The van der Waals surface area contributed by atoms with Gasteiger partial charge in [0, 0.05) is 7.11 Å². The average Bonchev–Trinajstić information content (AvgIpc) is 2.49. The number of Topliss-reactive ketones (excluding diaryl/α,β-unsaturated/α-hetero) is 1. The predicted octanol–water partition coefficient (Wildman–Crippen LogP) is 1.28. The van der Waals surface area contributed by atoms with Crippen molar-refractivity contribution in [1.29, 1.82) is 0 Å². The zero-order chi connectivity index (χ0) is 9.14. The molecule has 0 aromatic carbocycles. The van der Waals surface area contributed by atoms with Crippen molar-refractivity contribution in [1.82, 2.24) is 9.97 Å². The summed E-state index contributed by atoms with van der Waals surface area (Å²) < 4.78 is 4.82. The van der Waals surface area contributed by atoms with E-state index in [1.54, 1.807) is 6.92 Å². The van der Waals surface area contributed by atoms with Crippen LogP contribution in [0, 0.1) is 0 Å². The molecule has 0 aliphatic heterocycles. The number of hydrogen-bond acceptors (Lipinski definition) is 3. The third-order valence-corrected chi connectivity index (χ3v) is 1.69. The second-order valence-corrected chi connectivity index (χ2v) is 2.73. The quantitative estimate of drug-likeness (QED) is 0.728. The van der Waals surface area contributed by atoms with Gasteiger partial charge in [-0.15, -0.1) is 0 Å².